The Morgan fingerprint density at radius 1 is 1.24 bits per heavy atom. The molecule has 1 spiro atoms. The Hall–Kier alpha value is -2.14. The Labute approximate surface area is 177 Å². The summed E-state index contributed by atoms with van der Waals surface area (Å²) in [6.45, 7) is 8.33. The molecule has 0 unspecified atom stereocenters. The van der Waals surface area contributed by atoms with Crippen LogP contribution in [0.2, 0.25) is 5.02 Å². The first-order chi connectivity index (χ1) is 13.8. The van der Waals surface area contributed by atoms with Crippen molar-refractivity contribution in [2.75, 3.05) is 13.1 Å². The number of Topliss-reactive ketones (excluding diaryl/α,β-unsaturated/α-hetero) is 1. The molecular formula is C23H28ClN3O2. The fourth-order valence-corrected chi connectivity index (χ4v) is 4.87. The number of piperidine rings is 1. The van der Waals surface area contributed by atoms with Gasteiger partial charge in [-0.3, -0.25) is 14.3 Å². The number of benzene rings is 1. The van der Waals surface area contributed by atoms with E-state index in [-0.39, 0.29) is 17.1 Å². The van der Waals surface area contributed by atoms with Gasteiger partial charge in [-0.1, -0.05) is 25.4 Å². The van der Waals surface area contributed by atoms with E-state index in [1.807, 2.05) is 28.8 Å². The van der Waals surface area contributed by atoms with E-state index in [9.17, 15) is 9.59 Å². The fourth-order valence-electron chi connectivity index (χ4n) is 4.75. The normalized spacial score (nSPS) is 18.4. The second-order valence-electron chi connectivity index (χ2n) is 9.13. The van der Waals surface area contributed by atoms with Crippen LogP contribution in [-0.2, 0) is 13.0 Å². The number of aryl methyl sites for hydroxylation is 1. The molecule has 154 valence electrons. The lowest BCUT2D eigenvalue weighted by molar-refractivity contribution is 0.0517. The summed E-state index contributed by atoms with van der Waals surface area (Å²) in [5.74, 6) is 0.707. The highest BCUT2D eigenvalue weighted by atomic mass is 35.5. The van der Waals surface area contributed by atoms with Crippen LogP contribution in [0.25, 0.3) is 0 Å². The van der Waals surface area contributed by atoms with Gasteiger partial charge in [0, 0.05) is 42.2 Å². The highest BCUT2D eigenvalue weighted by Gasteiger charge is 2.43. The number of hydrogen-bond acceptors (Lipinski definition) is 3. The number of likely N-dealkylation sites (tertiary alicyclic amines) is 1. The van der Waals surface area contributed by atoms with E-state index in [1.54, 1.807) is 12.1 Å². The molecule has 1 amide bonds. The van der Waals surface area contributed by atoms with Crippen LogP contribution in [0, 0.1) is 18.3 Å². The van der Waals surface area contributed by atoms with Crippen LogP contribution in [0.4, 0.5) is 0 Å². The quantitative estimate of drug-likeness (QED) is 0.741. The molecule has 4 rings (SSSR count). The van der Waals surface area contributed by atoms with Crippen LogP contribution in [0.15, 0.2) is 24.4 Å². The largest absolute Gasteiger partial charge is 0.339 e. The van der Waals surface area contributed by atoms with E-state index in [2.05, 4.69) is 18.9 Å². The Kier molecular flexibility index (Phi) is 5.28. The van der Waals surface area contributed by atoms with E-state index in [0.29, 0.717) is 36.0 Å². The van der Waals surface area contributed by atoms with E-state index in [1.165, 1.54) is 0 Å². The third-order valence-electron chi connectivity index (χ3n) is 6.33. The number of nitrogens with zero attached hydrogens (tertiary/aromatic N) is 3. The third kappa shape index (κ3) is 3.85. The minimum atomic E-state index is -0.0392. The SMILES string of the molecule is Cc1cc(C(=O)N2CCC3(CC2)CC(=O)c2c(cnn2CC(C)C)C3)ccc1Cl. The molecule has 2 aliphatic rings. The molecule has 1 aromatic heterocycles. The van der Waals surface area contributed by atoms with E-state index in [4.69, 9.17) is 11.6 Å². The molecule has 6 heteroatoms. The van der Waals surface area contributed by atoms with Crippen LogP contribution in [0.5, 0.6) is 0 Å². The van der Waals surface area contributed by atoms with Gasteiger partial charge in [0.05, 0.1) is 6.20 Å². The van der Waals surface area contributed by atoms with Crippen LogP contribution in [-0.4, -0.2) is 39.5 Å². The monoisotopic (exact) mass is 413 g/mol. The lowest BCUT2D eigenvalue weighted by Crippen LogP contribution is -2.46. The minimum Gasteiger partial charge on any atom is -0.339 e. The number of aromatic nitrogens is 2. The van der Waals surface area contributed by atoms with Crippen molar-refractivity contribution in [1.82, 2.24) is 14.7 Å². The Morgan fingerprint density at radius 3 is 2.62 bits per heavy atom. The van der Waals surface area contributed by atoms with Gasteiger partial charge in [0.1, 0.15) is 5.69 Å². The van der Waals surface area contributed by atoms with Gasteiger partial charge < -0.3 is 4.90 Å². The van der Waals surface area contributed by atoms with Crippen LogP contribution >= 0.6 is 11.6 Å². The zero-order valence-electron chi connectivity index (χ0n) is 17.4. The second kappa shape index (κ2) is 7.60. The smallest absolute Gasteiger partial charge is 0.253 e. The molecule has 29 heavy (non-hydrogen) atoms. The first-order valence-corrected chi connectivity index (χ1v) is 10.8. The number of rotatable bonds is 3. The van der Waals surface area contributed by atoms with Crippen molar-refractivity contribution in [3.8, 4) is 0 Å². The maximum absolute atomic E-state index is 13.0. The molecule has 1 fully saturated rings. The zero-order chi connectivity index (χ0) is 20.8. The van der Waals surface area contributed by atoms with Gasteiger partial charge >= 0.3 is 0 Å². The molecule has 1 aromatic carbocycles. The Morgan fingerprint density at radius 2 is 1.97 bits per heavy atom. The second-order valence-corrected chi connectivity index (χ2v) is 9.53. The molecule has 0 bridgehead atoms. The topological polar surface area (TPSA) is 55.2 Å². The van der Waals surface area contributed by atoms with E-state index >= 15 is 0 Å². The Balaban J connectivity index is 1.46. The molecule has 1 saturated heterocycles. The molecule has 0 saturated carbocycles. The van der Waals surface area contributed by atoms with Crippen molar-refractivity contribution in [2.45, 2.75) is 53.0 Å². The standard InChI is InChI=1S/C23H28ClN3O2/c1-15(2)14-27-21-18(13-25-27)11-23(12-20(21)28)6-8-26(9-7-23)22(29)17-4-5-19(24)16(3)10-17/h4-5,10,13,15H,6-9,11-12,14H2,1-3H3. The molecule has 0 atom stereocenters. The van der Waals surface area contributed by atoms with Crippen molar-refractivity contribution >= 4 is 23.3 Å². The first kappa shape index (κ1) is 20.1. The summed E-state index contributed by atoms with van der Waals surface area (Å²) in [7, 11) is 0. The summed E-state index contributed by atoms with van der Waals surface area (Å²) in [5.41, 5.74) is 3.44. The van der Waals surface area contributed by atoms with Crippen LogP contribution in [0.1, 0.15) is 65.1 Å². The van der Waals surface area contributed by atoms with Crippen molar-refractivity contribution in [1.29, 1.82) is 0 Å². The number of halogens is 1. The summed E-state index contributed by atoms with van der Waals surface area (Å²) in [5, 5.41) is 5.16. The molecule has 0 N–H and O–H groups in total. The summed E-state index contributed by atoms with van der Waals surface area (Å²) >= 11 is 6.09. The summed E-state index contributed by atoms with van der Waals surface area (Å²) < 4.78 is 1.89. The Bertz CT molecular complexity index is 955. The number of carbonyl (C=O) groups excluding carboxylic acids is 2. The molecular weight excluding hydrogens is 386 g/mol. The van der Waals surface area contributed by atoms with Gasteiger partial charge in [0.15, 0.2) is 5.78 Å². The molecule has 2 aromatic rings. The number of hydrogen-bond donors (Lipinski definition) is 0. The highest BCUT2D eigenvalue weighted by Crippen LogP contribution is 2.43. The maximum atomic E-state index is 13.0. The third-order valence-corrected chi connectivity index (χ3v) is 6.76. The lowest BCUT2D eigenvalue weighted by atomic mass is 9.67. The van der Waals surface area contributed by atoms with Gasteiger partial charge in [0.25, 0.3) is 5.91 Å². The summed E-state index contributed by atoms with van der Waals surface area (Å²) in [4.78, 5) is 27.8. The van der Waals surface area contributed by atoms with Gasteiger partial charge in [0.2, 0.25) is 0 Å². The average Bonchev–Trinajstić information content (AvgIpc) is 3.06. The van der Waals surface area contributed by atoms with Crippen molar-refractivity contribution in [3.63, 3.8) is 0 Å². The molecule has 5 nitrogen and oxygen atoms in total. The van der Waals surface area contributed by atoms with E-state index in [0.717, 1.165) is 42.6 Å². The average molecular weight is 414 g/mol. The lowest BCUT2D eigenvalue weighted by Gasteiger charge is -2.43. The van der Waals surface area contributed by atoms with Gasteiger partial charge in [-0.15, -0.1) is 0 Å². The number of fused-ring (bicyclic) bond motifs is 1. The first-order valence-electron chi connectivity index (χ1n) is 10.4. The summed E-state index contributed by atoms with van der Waals surface area (Å²) in [6.07, 6.45) is 5.03. The number of ketones is 1. The van der Waals surface area contributed by atoms with Crippen molar-refractivity contribution in [3.05, 3.63) is 51.8 Å². The fraction of sp³-hybridized carbons (Fsp3) is 0.522. The van der Waals surface area contributed by atoms with Crippen molar-refractivity contribution in [2.24, 2.45) is 11.3 Å². The summed E-state index contributed by atoms with van der Waals surface area (Å²) in [6, 6.07) is 5.43. The number of amides is 1. The van der Waals surface area contributed by atoms with E-state index < -0.39 is 0 Å². The molecule has 2 heterocycles. The number of carbonyl (C=O) groups is 2. The minimum absolute atomic E-state index is 0.0392. The molecule has 1 aliphatic carbocycles. The predicted octanol–water partition coefficient (Wildman–Crippen LogP) is 4.55. The zero-order valence-corrected chi connectivity index (χ0v) is 18.1. The van der Waals surface area contributed by atoms with Crippen LogP contribution in [0.3, 0.4) is 0 Å². The van der Waals surface area contributed by atoms with Gasteiger partial charge in [-0.25, -0.2) is 0 Å². The van der Waals surface area contributed by atoms with Crippen LogP contribution < -0.4 is 0 Å². The van der Waals surface area contributed by atoms with Gasteiger partial charge in [-0.2, -0.15) is 5.10 Å². The van der Waals surface area contributed by atoms with Gasteiger partial charge in [-0.05, 0) is 61.3 Å². The molecule has 0 radical (unpaired) electrons. The maximum Gasteiger partial charge on any atom is 0.253 e. The highest BCUT2D eigenvalue weighted by molar-refractivity contribution is 6.31. The predicted molar refractivity (Wildman–Crippen MR) is 113 cm³/mol. The molecule has 1 aliphatic heterocycles. The van der Waals surface area contributed by atoms with Crippen molar-refractivity contribution < 1.29 is 9.59 Å².